The molecule has 7 heteroatoms. The van der Waals surface area contributed by atoms with E-state index in [9.17, 15) is 13.2 Å². The predicted molar refractivity (Wildman–Crippen MR) is 87.0 cm³/mol. The molecular formula is C15H21ClN2O3S. The van der Waals surface area contributed by atoms with Gasteiger partial charge in [0, 0.05) is 30.6 Å². The van der Waals surface area contributed by atoms with Crippen molar-refractivity contribution in [1.82, 2.24) is 9.62 Å². The van der Waals surface area contributed by atoms with Crippen molar-refractivity contribution in [2.24, 2.45) is 5.92 Å². The quantitative estimate of drug-likeness (QED) is 0.858. The minimum absolute atomic E-state index is 0.0240. The zero-order valence-corrected chi connectivity index (χ0v) is 14.3. The second-order valence-electron chi connectivity index (χ2n) is 5.91. The molecule has 1 aromatic carbocycles. The van der Waals surface area contributed by atoms with E-state index in [1.54, 1.807) is 29.2 Å². The molecule has 0 spiro atoms. The summed E-state index contributed by atoms with van der Waals surface area (Å²) >= 11 is 5.99. The maximum atomic E-state index is 12.1. The first-order valence-corrected chi connectivity index (χ1v) is 9.31. The fourth-order valence-corrected chi connectivity index (χ4v) is 4.09. The van der Waals surface area contributed by atoms with Crippen molar-refractivity contribution < 1.29 is 13.2 Å². The van der Waals surface area contributed by atoms with Gasteiger partial charge in [-0.05, 0) is 31.4 Å². The van der Waals surface area contributed by atoms with Crippen molar-refractivity contribution in [1.29, 1.82) is 0 Å². The van der Waals surface area contributed by atoms with Crippen LogP contribution in [0.1, 0.15) is 25.8 Å². The summed E-state index contributed by atoms with van der Waals surface area (Å²) in [6.07, 6.45) is 0.396. The fraction of sp³-hybridized carbons (Fsp3) is 0.533. The maximum Gasteiger partial charge on any atom is 0.223 e. The van der Waals surface area contributed by atoms with Crippen molar-refractivity contribution in [3.8, 4) is 0 Å². The van der Waals surface area contributed by atoms with E-state index in [0.29, 0.717) is 23.6 Å². The molecule has 1 fully saturated rings. The third kappa shape index (κ3) is 4.44. The van der Waals surface area contributed by atoms with Crippen molar-refractivity contribution in [3.63, 3.8) is 0 Å². The highest BCUT2D eigenvalue weighted by Gasteiger charge is 2.31. The minimum Gasteiger partial charge on any atom is -0.340 e. The summed E-state index contributed by atoms with van der Waals surface area (Å²) in [5, 5.41) is 0.440. The van der Waals surface area contributed by atoms with Crippen LogP contribution in [0.25, 0.3) is 0 Å². The number of likely N-dealkylation sites (tertiary alicyclic amines) is 1. The van der Waals surface area contributed by atoms with Gasteiger partial charge in [-0.3, -0.25) is 4.79 Å². The predicted octanol–water partition coefficient (Wildman–Crippen LogP) is 2.02. The number of hydrogen-bond donors (Lipinski definition) is 1. The van der Waals surface area contributed by atoms with Crippen molar-refractivity contribution in [3.05, 3.63) is 34.9 Å². The topological polar surface area (TPSA) is 66.5 Å². The van der Waals surface area contributed by atoms with Crippen LogP contribution < -0.4 is 4.72 Å². The SMILES string of the molecule is CC(C)N1CC(CNS(=O)(=O)Cc2ccccc2Cl)CC1=O. The van der Waals surface area contributed by atoms with E-state index in [0.717, 1.165) is 0 Å². The Balaban J connectivity index is 1.91. The zero-order chi connectivity index (χ0) is 16.3. The van der Waals surface area contributed by atoms with Crippen LogP contribution in [0, 0.1) is 5.92 Å². The van der Waals surface area contributed by atoms with Gasteiger partial charge in [0.25, 0.3) is 0 Å². The normalized spacial score (nSPS) is 19.2. The number of amides is 1. The molecule has 1 aromatic rings. The van der Waals surface area contributed by atoms with E-state index in [-0.39, 0.29) is 30.2 Å². The van der Waals surface area contributed by atoms with Gasteiger partial charge in [-0.1, -0.05) is 29.8 Å². The Hall–Kier alpha value is -1.11. The maximum absolute atomic E-state index is 12.1. The standard InChI is InChI=1S/C15H21ClN2O3S/c1-11(2)18-9-12(7-15(18)19)8-17-22(20,21)10-13-5-3-4-6-14(13)16/h3-6,11-12,17H,7-10H2,1-2H3. The van der Waals surface area contributed by atoms with Crippen LogP contribution in [0.5, 0.6) is 0 Å². The smallest absolute Gasteiger partial charge is 0.223 e. The summed E-state index contributed by atoms with van der Waals surface area (Å²) in [5.41, 5.74) is 0.572. The summed E-state index contributed by atoms with van der Waals surface area (Å²) < 4.78 is 26.9. The highest BCUT2D eigenvalue weighted by molar-refractivity contribution is 7.88. The van der Waals surface area contributed by atoms with Gasteiger partial charge in [-0.25, -0.2) is 13.1 Å². The Kier molecular flexibility index (Phi) is 5.47. The number of halogens is 1. The molecule has 0 saturated carbocycles. The summed E-state index contributed by atoms with van der Waals surface area (Å²) in [6.45, 7) is 4.80. The van der Waals surface area contributed by atoms with E-state index < -0.39 is 10.0 Å². The molecule has 0 aliphatic carbocycles. The largest absolute Gasteiger partial charge is 0.340 e. The van der Waals surface area contributed by atoms with Crippen LogP contribution in [0.2, 0.25) is 5.02 Å². The van der Waals surface area contributed by atoms with E-state index in [4.69, 9.17) is 11.6 Å². The molecule has 0 radical (unpaired) electrons. The summed E-state index contributed by atoms with van der Waals surface area (Å²) in [6, 6.07) is 7.03. The Bertz CT molecular complexity index is 646. The van der Waals surface area contributed by atoms with Crippen LogP contribution in [0.15, 0.2) is 24.3 Å². The van der Waals surface area contributed by atoms with Crippen LogP contribution in [-0.2, 0) is 20.6 Å². The average molecular weight is 345 g/mol. The third-order valence-corrected chi connectivity index (χ3v) is 5.42. The third-order valence-electron chi connectivity index (χ3n) is 3.76. The number of rotatable bonds is 6. The zero-order valence-electron chi connectivity index (χ0n) is 12.8. The minimum atomic E-state index is -3.46. The molecule has 1 N–H and O–H groups in total. The van der Waals surface area contributed by atoms with E-state index in [1.165, 1.54) is 0 Å². The summed E-state index contributed by atoms with van der Waals surface area (Å²) in [5.74, 6) is -0.0393. The van der Waals surface area contributed by atoms with Gasteiger partial charge in [0.1, 0.15) is 0 Å². The molecule has 122 valence electrons. The lowest BCUT2D eigenvalue weighted by atomic mass is 10.1. The molecule has 1 amide bonds. The summed E-state index contributed by atoms with van der Waals surface area (Å²) in [4.78, 5) is 13.6. The Morgan fingerprint density at radius 3 is 2.64 bits per heavy atom. The molecule has 1 atom stereocenters. The molecule has 1 heterocycles. The lowest BCUT2D eigenvalue weighted by Gasteiger charge is -2.21. The number of carbonyl (C=O) groups is 1. The monoisotopic (exact) mass is 344 g/mol. The average Bonchev–Trinajstić information content (AvgIpc) is 2.81. The second kappa shape index (κ2) is 6.98. The molecule has 1 aliphatic rings. The van der Waals surface area contributed by atoms with Crippen LogP contribution in [0.3, 0.4) is 0 Å². The van der Waals surface area contributed by atoms with Crippen LogP contribution in [-0.4, -0.2) is 38.4 Å². The van der Waals surface area contributed by atoms with Crippen LogP contribution >= 0.6 is 11.6 Å². The number of sulfonamides is 1. The highest BCUT2D eigenvalue weighted by atomic mass is 35.5. The van der Waals surface area contributed by atoms with Crippen molar-refractivity contribution in [2.75, 3.05) is 13.1 Å². The number of hydrogen-bond acceptors (Lipinski definition) is 3. The number of nitrogens with one attached hydrogen (secondary N) is 1. The lowest BCUT2D eigenvalue weighted by molar-refractivity contribution is -0.129. The Morgan fingerprint density at radius 1 is 1.36 bits per heavy atom. The number of carbonyl (C=O) groups excluding carboxylic acids is 1. The van der Waals surface area contributed by atoms with Gasteiger partial charge in [0.05, 0.1) is 5.75 Å². The number of nitrogens with zero attached hydrogens (tertiary/aromatic N) is 1. The molecule has 2 rings (SSSR count). The van der Waals surface area contributed by atoms with Gasteiger partial charge >= 0.3 is 0 Å². The molecule has 1 aliphatic heterocycles. The van der Waals surface area contributed by atoms with E-state index in [1.807, 2.05) is 13.8 Å². The van der Waals surface area contributed by atoms with E-state index >= 15 is 0 Å². The van der Waals surface area contributed by atoms with Crippen molar-refractivity contribution >= 4 is 27.5 Å². The summed E-state index contributed by atoms with van der Waals surface area (Å²) in [7, 11) is -3.46. The molecule has 1 saturated heterocycles. The first kappa shape index (κ1) is 17.2. The first-order chi connectivity index (χ1) is 10.3. The lowest BCUT2D eigenvalue weighted by Crippen LogP contribution is -2.34. The van der Waals surface area contributed by atoms with Gasteiger partial charge in [0.15, 0.2) is 0 Å². The highest BCUT2D eigenvalue weighted by Crippen LogP contribution is 2.20. The molecule has 1 unspecified atom stereocenters. The van der Waals surface area contributed by atoms with Crippen LogP contribution in [0.4, 0.5) is 0 Å². The molecule has 5 nitrogen and oxygen atoms in total. The second-order valence-corrected chi connectivity index (χ2v) is 8.12. The first-order valence-electron chi connectivity index (χ1n) is 7.28. The number of benzene rings is 1. The van der Waals surface area contributed by atoms with E-state index in [2.05, 4.69) is 4.72 Å². The molecule has 0 bridgehead atoms. The van der Waals surface area contributed by atoms with Gasteiger partial charge < -0.3 is 4.90 Å². The van der Waals surface area contributed by atoms with Gasteiger partial charge in [-0.2, -0.15) is 0 Å². The van der Waals surface area contributed by atoms with Crippen molar-refractivity contribution in [2.45, 2.75) is 32.1 Å². The fourth-order valence-electron chi connectivity index (χ4n) is 2.56. The molecule has 0 aromatic heterocycles. The van der Waals surface area contributed by atoms with Gasteiger partial charge in [0.2, 0.25) is 15.9 Å². The molecule has 22 heavy (non-hydrogen) atoms. The molecular weight excluding hydrogens is 324 g/mol. The Morgan fingerprint density at radius 2 is 2.05 bits per heavy atom. The van der Waals surface area contributed by atoms with Gasteiger partial charge in [-0.15, -0.1) is 0 Å². The Labute approximate surface area is 136 Å².